The van der Waals surface area contributed by atoms with E-state index in [0.717, 1.165) is 37.5 Å². The van der Waals surface area contributed by atoms with Crippen LogP contribution in [0.3, 0.4) is 0 Å². The fourth-order valence-corrected chi connectivity index (χ4v) is 4.05. The number of likely N-dealkylation sites (tertiary alicyclic amines) is 1. The monoisotopic (exact) mass is 463 g/mol. The van der Waals surface area contributed by atoms with Crippen LogP contribution in [0.2, 0.25) is 5.02 Å². The van der Waals surface area contributed by atoms with Crippen molar-refractivity contribution < 1.29 is 30.0 Å². The van der Waals surface area contributed by atoms with Gasteiger partial charge in [-0.2, -0.15) is 0 Å². The summed E-state index contributed by atoms with van der Waals surface area (Å²) < 4.78 is 5.70. The van der Waals surface area contributed by atoms with Gasteiger partial charge in [0, 0.05) is 35.9 Å². The van der Waals surface area contributed by atoms with Crippen LogP contribution in [-0.2, 0) is 11.3 Å². The van der Waals surface area contributed by atoms with Crippen LogP contribution in [0.15, 0.2) is 42.5 Å². The zero-order valence-corrected chi connectivity index (χ0v) is 19.3. The largest absolute Gasteiger partial charge is 0.508 e. The van der Waals surface area contributed by atoms with Gasteiger partial charge in [0.15, 0.2) is 0 Å². The number of carbonyl (C=O) groups is 1. The summed E-state index contributed by atoms with van der Waals surface area (Å²) in [6.45, 7) is 5.64. The lowest BCUT2D eigenvalue weighted by Gasteiger charge is -2.28. The number of aromatic hydroxyl groups is 1. The molecule has 0 spiro atoms. The van der Waals surface area contributed by atoms with E-state index < -0.39 is 6.10 Å². The van der Waals surface area contributed by atoms with Crippen LogP contribution in [0, 0.1) is 0 Å². The normalized spacial score (nSPS) is 19.3. The SMILES string of the molecule is CCC(=O)Nc1ccc(O)cc1OC[C@@H](O)C[NH2+]C1CC[NH+](Cc2ccc(Cl)cc2)CC1. The van der Waals surface area contributed by atoms with E-state index >= 15 is 0 Å². The third-order valence-corrected chi connectivity index (χ3v) is 6.09. The van der Waals surface area contributed by atoms with Crippen LogP contribution < -0.4 is 20.3 Å². The van der Waals surface area contributed by atoms with Gasteiger partial charge in [0.2, 0.25) is 5.91 Å². The van der Waals surface area contributed by atoms with E-state index in [4.69, 9.17) is 16.3 Å². The molecule has 0 radical (unpaired) electrons. The molecule has 3 rings (SSSR count). The smallest absolute Gasteiger partial charge is 0.224 e. The summed E-state index contributed by atoms with van der Waals surface area (Å²) in [5, 5.41) is 25.8. The lowest BCUT2D eigenvalue weighted by Crippen LogP contribution is -3.13. The van der Waals surface area contributed by atoms with Gasteiger partial charge < -0.3 is 30.5 Å². The minimum atomic E-state index is -0.647. The van der Waals surface area contributed by atoms with E-state index in [1.54, 1.807) is 17.9 Å². The lowest BCUT2D eigenvalue weighted by atomic mass is 10.0. The van der Waals surface area contributed by atoms with Crippen molar-refractivity contribution in [3.8, 4) is 11.5 Å². The first-order valence-corrected chi connectivity index (χ1v) is 11.7. The number of piperidine rings is 1. The first-order valence-electron chi connectivity index (χ1n) is 11.3. The average molecular weight is 464 g/mol. The summed E-state index contributed by atoms with van der Waals surface area (Å²) in [7, 11) is 0. The Morgan fingerprint density at radius 2 is 1.97 bits per heavy atom. The standard InChI is InChI=1S/C24H32ClN3O4/c1-2-24(31)27-22-8-7-20(29)13-23(22)32-16-21(30)14-26-19-9-11-28(12-10-19)15-17-3-5-18(25)6-4-17/h3-8,13,19,21,26,29-30H,2,9-12,14-16H2,1H3,(H,27,31)/p+2/t21-/m0/s1. The number of carbonyl (C=O) groups excluding carboxylic acids is 1. The van der Waals surface area contributed by atoms with E-state index in [9.17, 15) is 15.0 Å². The Hall–Kier alpha value is -2.32. The van der Waals surface area contributed by atoms with Gasteiger partial charge in [-0.3, -0.25) is 4.79 Å². The topological polar surface area (TPSA) is 99.8 Å². The molecule has 0 aromatic heterocycles. The van der Waals surface area contributed by atoms with Crippen LogP contribution in [0.25, 0.3) is 0 Å². The van der Waals surface area contributed by atoms with Crippen molar-refractivity contribution in [2.24, 2.45) is 0 Å². The number of rotatable bonds is 10. The highest BCUT2D eigenvalue weighted by Crippen LogP contribution is 2.29. The summed E-state index contributed by atoms with van der Waals surface area (Å²) >= 11 is 5.96. The predicted molar refractivity (Wildman–Crippen MR) is 124 cm³/mol. The number of amides is 1. The number of hydrogen-bond acceptors (Lipinski definition) is 4. The molecule has 7 nitrogen and oxygen atoms in total. The second kappa shape index (κ2) is 12.1. The highest BCUT2D eigenvalue weighted by atomic mass is 35.5. The number of nitrogens with two attached hydrogens (primary N) is 1. The Bertz CT molecular complexity index is 870. The second-order valence-electron chi connectivity index (χ2n) is 8.41. The summed E-state index contributed by atoms with van der Waals surface area (Å²) in [5.74, 6) is 0.257. The maximum atomic E-state index is 11.7. The molecule has 1 aliphatic heterocycles. The summed E-state index contributed by atoms with van der Waals surface area (Å²) in [6, 6.07) is 13.1. The van der Waals surface area contributed by atoms with Gasteiger partial charge >= 0.3 is 0 Å². The fourth-order valence-electron chi connectivity index (χ4n) is 3.93. The molecule has 32 heavy (non-hydrogen) atoms. The first kappa shape index (κ1) is 24.3. The molecule has 1 amide bonds. The number of phenols is 1. The van der Waals surface area contributed by atoms with E-state index in [2.05, 4.69) is 22.8 Å². The molecule has 8 heteroatoms. The summed E-state index contributed by atoms with van der Waals surface area (Å²) in [6.07, 6.45) is 1.91. The Labute approximate surface area is 194 Å². The molecule has 0 unspecified atom stereocenters. The number of nitrogens with one attached hydrogen (secondary N) is 2. The van der Waals surface area contributed by atoms with Crippen LogP contribution in [0.5, 0.6) is 11.5 Å². The minimum absolute atomic E-state index is 0.0448. The second-order valence-corrected chi connectivity index (χ2v) is 8.85. The zero-order valence-electron chi connectivity index (χ0n) is 18.5. The molecular weight excluding hydrogens is 430 g/mol. The molecule has 2 aromatic carbocycles. The number of anilines is 1. The van der Waals surface area contributed by atoms with Crippen LogP contribution in [-0.4, -0.2) is 54.5 Å². The zero-order chi connectivity index (χ0) is 22.9. The number of aliphatic hydroxyl groups is 1. The van der Waals surface area contributed by atoms with Gasteiger partial charge in [-0.25, -0.2) is 0 Å². The molecule has 0 saturated carbocycles. The number of aliphatic hydroxyl groups excluding tert-OH is 1. The highest BCUT2D eigenvalue weighted by Gasteiger charge is 2.25. The fraction of sp³-hybridized carbons (Fsp3) is 0.458. The molecule has 2 aromatic rings. The summed E-state index contributed by atoms with van der Waals surface area (Å²) in [4.78, 5) is 13.3. The number of phenolic OH excluding ortho intramolecular Hbond substituents is 1. The van der Waals surface area contributed by atoms with E-state index in [0.29, 0.717) is 30.4 Å². The van der Waals surface area contributed by atoms with Crippen LogP contribution in [0.4, 0.5) is 5.69 Å². The van der Waals surface area contributed by atoms with Gasteiger partial charge in [-0.05, 0) is 24.3 Å². The number of quaternary nitrogens is 2. The Balaban J connectivity index is 1.38. The Morgan fingerprint density at radius 1 is 1.25 bits per heavy atom. The van der Waals surface area contributed by atoms with Crippen LogP contribution in [0.1, 0.15) is 31.7 Å². The van der Waals surface area contributed by atoms with Gasteiger partial charge in [0.25, 0.3) is 0 Å². The van der Waals surface area contributed by atoms with Gasteiger partial charge in [0.1, 0.15) is 37.3 Å². The van der Waals surface area contributed by atoms with Crippen molar-refractivity contribution >= 4 is 23.2 Å². The van der Waals surface area contributed by atoms with Gasteiger partial charge in [-0.1, -0.05) is 30.7 Å². The number of ether oxygens (including phenoxy) is 1. The maximum Gasteiger partial charge on any atom is 0.224 e. The molecule has 1 saturated heterocycles. The van der Waals surface area contributed by atoms with Crippen molar-refractivity contribution in [1.82, 2.24) is 0 Å². The molecule has 6 N–H and O–H groups in total. The van der Waals surface area contributed by atoms with E-state index in [1.165, 1.54) is 17.7 Å². The Morgan fingerprint density at radius 3 is 2.66 bits per heavy atom. The third kappa shape index (κ3) is 7.67. The minimum Gasteiger partial charge on any atom is -0.508 e. The van der Waals surface area contributed by atoms with Crippen LogP contribution >= 0.6 is 11.6 Å². The molecule has 1 fully saturated rings. The highest BCUT2D eigenvalue weighted by molar-refractivity contribution is 6.30. The molecule has 1 heterocycles. The maximum absolute atomic E-state index is 11.7. The van der Waals surface area contributed by atoms with Crippen molar-refractivity contribution in [3.63, 3.8) is 0 Å². The Kier molecular flexibility index (Phi) is 9.17. The number of halogens is 1. The van der Waals surface area contributed by atoms with Gasteiger partial charge in [-0.15, -0.1) is 0 Å². The van der Waals surface area contributed by atoms with Crippen molar-refractivity contribution in [2.75, 3.05) is 31.6 Å². The predicted octanol–water partition coefficient (Wildman–Crippen LogP) is 0.945. The van der Waals surface area contributed by atoms with Crippen molar-refractivity contribution in [2.45, 2.75) is 44.9 Å². The van der Waals surface area contributed by atoms with E-state index in [1.807, 2.05) is 12.1 Å². The number of benzene rings is 2. The average Bonchev–Trinajstić information content (AvgIpc) is 2.80. The first-order chi connectivity index (χ1) is 15.4. The molecule has 1 atom stereocenters. The van der Waals surface area contributed by atoms with E-state index in [-0.39, 0.29) is 18.3 Å². The third-order valence-electron chi connectivity index (χ3n) is 5.84. The quantitative estimate of drug-likeness (QED) is 0.339. The lowest BCUT2D eigenvalue weighted by molar-refractivity contribution is -0.926. The number of hydrogen-bond donors (Lipinski definition) is 5. The molecule has 0 bridgehead atoms. The molecular formula is C24H34ClN3O4+2. The molecule has 1 aliphatic rings. The van der Waals surface area contributed by atoms with Crippen molar-refractivity contribution in [1.29, 1.82) is 0 Å². The van der Waals surface area contributed by atoms with Crippen molar-refractivity contribution in [3.05, 3.63) is 53.1 Å². The molecule has 0 aliphatic carbocycles. The van der Waals surface area contributed by atoms with Gasteiger partial charge in [0.05, 0.1) is 24.8 Å². The molecule has 174 valence electrons. The summed E-state index contributed by atoms with van der Waals surface area (Å²) in [5.41, 5.74) is 1.79.